The molecule has 0 bridgehead atoms. The van der Waals surface area contributed by atoms with Gasteiger partial charge in [0.05, 0.1) is 6.61 Å². The number of piperidine rings is 2. The number of hydrogen-bond acceptors (Lipinski definition) is 4. The van der Waals surface area contributed by atoms with Crippen LogP contribution in [0.2, 0.25) is 0 Å². The predicted molar refractivity (Wildman–Crippen MR) is 115 cm³/mol. The number of pyridine rings is 1. The van der Waals surface area contributed by atoms with Crippen molar-refractivity contribution in [3.63, 3.8) is 0 Å². The maximum absolute atomic E-state index is 12.7. The van der Waals surface area contributed by atoms with E-state index in [-0.39, 0.29) is 11.8 Å². The van der Waals surface area contributed by atoms with E-state index in [0.717, 1.165) is 56.6 Å². The Bertz CT molecular complexity index is 848. The average Bonchev–Trinajstić information content (AvgIpc) is 2.83. The molecule has 158 valence electrons. The number of benzene rings is 1. The molecule has 0 saturated carbocycles. The molecule has 1 aromatic heterocycles. The zero-order chi connectivity index (χ0) is 20.8. The Kier molecular flexibility index (Phi) is 6.62. The molecule has 1 atom stereocenters. The van der Waals surface area contributed by atoms with E-state index < -0.39 is 0 Å². The summed E-state index contributed by atoms with van der Waals surface area (Å²) in [6, 6.07) is 11.0. The molecule has 4 rings (SSSR count). The molecule has 0 radical (unpaired) electrons. The number of ether oxygens (including phenoxy) is 1. The maximum Gasteiger partial charge on any atom is 0.253 e. The van der Waals surface area contributed by atoms with Gasteiger partial charge in [0.25, 0.3) is 11.8 Å². The van der Waals surface area contributed by atoms with Crippen molar-refractivity contribution < 1.29 is 14.3 Å². The molecule has 2 aliphatic rings. The number of aromatic nitrogens is 1. The monoisotopic (exact) mass is 407 g/mol. The number of hydrogen-bond donors (Lipinski definition) is 0. The largest absolute Gasteiger partial charge is 0.493 e. The van der Waals surface area contributed by atoms with E-state index >= 15 is 0 Å². The van der Waals surface area contributed by atoms with Crippen molar-refractivity contribution in [1.82, 2.24) is 14.8 Å². The second kappa shape index (κ2) is 9.74. The van der Waals surface area contributed by atoms with Gasteiger partial charge in [0.2, 0.25) is 0 Å². The Balaban J connectivity index is 1.29. The fourth-order valence-corrected chi connectivity index (χ4v) is 4.25. The normalized spacial score (nSPS) is 19.4. The van der Waals surface area contributed by atoms with Crippen LogP contribution >= 0.6 is 0 Å². The first kappa shape index (κ1) is 20.4. The minimum Gasteiger partial charge on any atom is -0.493 e. The molecule has 2 aromatic rings. The molecule has 2 saturated heterocycles. The number of carbonyl (C=O) groups is 2. The smallest absolute Gasteiger partial charge is 0.253 e. The second-order valence-corrected chi connectivity index (χ2v) is 8.18. The minimum atomic E-state index is 0.0580. The summed E-state index contributed by atoms with van der Waals surface area (Å²) >= 11 is 0. The van der Waals surface area contributed by atoms with Gasteiger partial charge in [-0.3, -0.25) is 14.6 Å². The van der Waals surface area contributed by atoms with E-state index in [2.05, 4.69) is 4.98 Å². The lowest BCUT2D eigenvalue weighted by Crippen LogP contribution is -2.41. The van der Waals surface area contributed by atoms with Gasteiger partial charge in [-0.2, -0.15) is 0 Å². The van der Waals surface area contributed by atoms with Crippen LogP contribution in [0.1, 0.15) is 52.8 Å². The lowest BCUT2D eigenvalue weighted by atomic mass is 9.98. The van der Waals surface area contributed by atoms with Gasteiger partial charge in [-0.15, -0.1) is 0 Å². The number of amides is 2. The predicted octanol–water partition coefficient (Wildman–Crippen LogP) is 3.64. The van der Waals surface area contributed by atoms with Gasteiger partial charge in [0.15, 0.2) is 0 Å². The zero-order valence-electron chi connectivity index (χ0n) is 17.3. The number of rotatable bonds is 5. The molecule has 2 amide bonds. The van der Waals surface area contributed by atoms with E-state index in [9.17, 15) is 9.59 Å². The van der Waals surface area contributed by atoms with Gasteiger partial charge in [-0.05, 0) is 68.5 Å². The van der Waals surface area contributed by atoms with Crippen LogP contribution in [0.15, 0.2) is 48.8 Å². The highest BCUT2D eigenvalue weighted by atomic mass is 16.5. The summed E-state index contributed by atoms with van der Waals surface area (Å²) in [5.41, 5.74) is 1.40. The SMILES string of the molecule is O=C(c1ccc(OC[C@H]2CCCN(C(=O)c3ccncc3)C2)cc1)N1CCCCC1. The molecular formula is C24H29N3O3. The Morgan fingerprint density at radius 2 is 1.47 bits per heavy atom. The summed E-state index contributed by atoms with van der Waals surface area (Å²) < 4.78 is 5.99. The third-order valence-corrected chi connectivity index (χ3v) is 5.96. The lowest BCUT2D eigenvalue weighted by Gasteiger charge is -2.32. The minimum absolute atomic E-state index is 0.0580. The van der Waals surface area contributed by atoms with Gasteiger partial charge < -0.3 is 14.5 Å². The van der Waals surface area contributed by atoms with Gasteiger partial charge >= 0.3 is 0 Å². The van der Waals surface area contributed by atoms with Crippen LogP contribution in [0.25, 0.3) is 0 Å². The summed E-state index contributed by atoms with van der Waals surface area (Å²) in [5.74, 6) is 1.24. The molecule has 6 heteroatoms. The first-order valence-electron chi connectivity index (χ1n) is 10.9. The molecule has 6 nitrogen and oxygen atoms in total. The van der Waals surface area contributed by atoms with Crippen LogP contribution in [0.4, 0.5) is 0 Å². The molecule has 0 aliphatic carbocycles. The molecule has 1 aromatic carbocycles. The average molecular weight is 408 g/mol. The van der Waals surface area contributed by atoms with Gasteiger partial charge in [0, 0.05) is 55.6 Å². The standard InChI is InChI=1S/C24H29N3O3/c28-23(26-14-2-1-3-15-26)20-6-8-22(9-7-20)30-18-19-5-4-16-27(17-19)24(29)21-10-12-25-13-11-21/h6-13,19H,1-5,14-18H2/t19-/m0/s1. The third-order valence-electron chi connectivity index (χ3n) is 5.96. The molecule has 0 unspecified atom stereocenters. The summed E-state index contributed by atoms with van der Waals surface area (Å²) in [6.07, 6.45) is 8.72. The molecule has 30 heavy (non-hydrogen) atoms. The second-order valence-electron chi connectivity index (χ2n) is 8.18. The summed E-state index contributed by atoms with van der Waals surface area (Å²) in [7, 11) is 0. The van der Waals surface area contributed by atoms with Crippen LogP contribution in [-0.4, -0.2) is 59.4 Å². The fourth-order valence-electron chi connectivity index (χ4n) is 4.25. The van der Waals surface area contributed by atoms with Gasteiger partial charge in [0.1, 0.15) is 5.75 Å². The fraction of sp³-hybridized carbons (Fsp3) is 0.458. The van der Waals surface area contributed by atoms with Crippen molar-refractivity contribution in [3.8, 4) is 5.75 Å². The van der Waals surface area contributed by atoms with Gasteiger partial charge in [-0.25, -0.2) is 0 Å². The molecule has 2 fully saturated rings. The molecule has 2 aliphatic heterocycles. The number of nitrogens with zero attached hydrogens (tertiary/aromatic N) is 3. The van der Waals surface area contributed by atoms with Crippen LogP contribution < -0.4 is 4.74 Å². The van der Waals surface area contributed by atoms with Crippen LogP contribution in [0, 0.1) is 5.92 Å². The van der Waals surface area contributed by atoms with Crippen molar-refractivity contribution in [2.75, 3.05) is 32.8 Å². The zero-order valence-corrected chi connectivity index (χ0v) is 17.3. The summed E-state index contributed by atoms with van der Waals surface area (Å²) in [5, 5.41) is 0. The summed E-state index contributed by atoms with van der Waals surface area (Å²) in [4.78, 5) is 33.1. The Morgan fingerprint density at radius 1 is 0.833 bits per heavy atom. The number of carbonyl (C=O) groups excluding carboxylic acids is 2. The lowest BCUT2D eigenvalue weighted by molar-refractivity contribution is 0.0633. The van der Waals surface area contributed by atoms with Crippen LogP contribution in [0.5, 0.6) is 5.75 Å². The maximum atomic E-state index is 12.7. The van der Waals surface area contributed by atoms with Crippen molar-refractivity contribution >= 4 is 11.8 Å². The van der Waals surface area contributed by atoms with E-state index in [0.29, 0.717) is 24.6 Å². The van der Waals surface area contributed by atoms with Crippen molar-refractivity contribution in [2.24, 2.45) is 5.92 Å². The molecule has 0 N–H and O–H groups in total. The first-order chi connectivity index (χ1) is 14.7. The Labute approximate surface area is 177 Å². The highest BCUT2D eigenvalue weighted by Gasteiger charge is 2.25. The quantitative estimate of drug-likeness (QED) is 0.759. The van der Waals surface area contributed by atoms with E-state index in [1.54, 1.807) is 24.5 Å². The van der Waals surface area contributed by atoms with Crippen LogP contribution in [0.3, 0.4) is 0 Å². The van der Waals surface area contributed by atoms with Crippen molar-refractivity contribution in [1.29, 1.82) is 0 Å². The highest BCUT2D eigenvalue weighted by molar-refractivity contribution is 5.94. The first-order valence-corrected chi connectivity index (χ1v) is 10.9. The summed E-state index contributed by atoms with van der Waals surface area (Å²) in [6.45, 7) is 3.76. The van der Waals surface area contributed by atoms with Crippen LogP contribution in [-0.2, 0) is 0 Å². The third kappa shape index (κ3) is 4.99. The Hall–Kier alpha value is -2.89. The topological polar surface area (TPSA) is 62.7 Å². The van der Waals surface area contributed by atoms with E-state index in [1.165, 1.54) is 6.42 Å². The molecular weight excluding hydrogens is 378 g/mol. The Morgan fingerprint density at radius 3 is 2.20 bits per heavy atom. The van der Waals surface area contributed by atoms with E-state index in [1.807, 2.05) is 34.1 Å². The molecule has 3 heterocycles. The highest BCUT2D eigenvalue weighted by Crippen LogP contribution is 2.21. The number of likely N-dealkylation sites (tertiary alicyclic amines) is 2. The van der Waals surface area contributed by atoms with Crippen molar-refractivity contribution in [3.05, 3.63) is 59.9 Å². The van der Waals surface area contributed by atoms with Gasteiger partial charge in [-0.1, -0.05) is 0 Å². The van der Waals surface area contributed by atoms with Crippen molar-refractivity contribution in [2.45, 2.75) is 32.1 Å². The van der Waals surface area contributed by atoms with E-state index in [4.69, 9.17) is 4.74 Å². The molecule has 0 spiro atoms.